The first kappa shape index (κ1) is 15.0. The molecule has 3 atom stereocenters. The topological polar surface area (TPSA) is 69.6 Å². The molecule has 3 unspecified atom stereocenters. The van der Waals surface area contributed by atoms with Crippen molar-refractivity contribution >= 4 is 11.8 Å². The first-order valence-corrected chi connectivity index (χ1v) is 6.67. The average molecular weight is 256 g/mol. The largest absolute Gasteiger partial charge is 0.391 e. The summed E-state index contributed by atoms with van der Waals surface area (Å²) in [7, 11) is 0. The highest BCUT2D eigenvalue weighted by atomic mass is 16.3. The van der Waals surface area contributed by atoms with E-state index < -0.39 is 6.10 Å². The van der Waals surface area contributed by atoms with E-state index >= 15 is 0 Å². The van der Waals surface area contributed by atoms with Crippen LogP contribution in [0.3, 0.4) is 0 Å². The molecule has 0 saturated carbocycles. The number of rotatable bonds is 5. The van der Waals surface area contributed by atoms with Gasteiger partial charge in [-0.1, -0.05) is 20.3 Å². The van der Waals surface area contributed by atoms with E-state index in [1.54, 1.807) is 4.90 Å². The van der Waals surface area contributed by atoms with Crippen LogP contribution in [0.15, 0.2) is 0 Å². The van der Waals surface area contributed by atoms with Gasteiger partial charge in [0.2, 0.25) is 11.8 Å². The van der Waals surface area contributed by atoms with Gasteiger partial charge in [0.05, 0.1) is 12.0 Å². The molecule has 0 aromatic carbocycles. The molecule has 1 fully saturated rings. The highest BCUT2D eigenvalue weighted by Crippen LogP contribution is 2.16. The summed E-state index contributed by atoms with van der Waals surface area (Å²) in [5.41, 5.74) is 0. The normalized spacial score (nSPS) is 22.7. The Kier molecular flexibility index (Phi) is 5.59. The van der Waals surface area contributed by atoms with E-state index in [0.717, 1.165) is 6.42 Å². The van der Waals surface area contributed by atoms with Crippen molar-refractivity contribution in [1.82, 2.24) is 10.2 Å². The predicted octanol–water partition coefficient (Wildman–Crippen LogP) is 0.378. The Hall–Kier alpha value is -1.10. The second kappa shape index (κ2) is 6.73. The Morgan fingerprint density at radius 3 is 2.67 bits per heavy atom. The van der Waals surface area contributed by atoms with Gasteiger partial charge in [-0.25, -0.2) is 0 Å². The third-order valence-corrected chi connectivity index (χ3v) is 3.79. The zero-order valence-electron chi connectivity index (χ0n) is 11.5. The minimum atomic E-state index is -0.496. The first-order chi connectivity index (χ1) is 8.45. The monoisotopic (exact) mass is 256 g/mol. The van der Waals surface area contributed by atoms with Crippen LogP contribution < -0.4 is 5.32 Å². The lowest BCUT2D eigenvalue weighted by molar-refractivity contribution is -0.128. The Morgan fingerprint density at radius 2 is 2.17 bits per heavy atom. The maximum absolute atomic E-state index is 11.9. The molecule has 1 saturated heterocycles. The molecule has 0 aromatic rings. The minimum absolute atomic E-state index is 0.0185. The Labute approximate surface area is 109 Å². The van der Waals surface area contributed by atoms with Crippen molar-refractivity contribution in [3.05, 3.63) is 0 Å². The lowest BCUT2D eigenvalue weighted by atomic mass is 10.0. The SMILES string of the molecule is CCC(C)C(O)CNC(=O)C1CCN(C(C)=O)C1. The number of nitrogens with zero attached hydrogens (tertiary/aromatic N) is 1. The summed E-state index contributed by atoms with van der Waals surface area (Å²) in [6, 6.07) is 0. The third kappa shape index (κ3) is 3.98. The van der Waals surface area contributed by atoms with Crippen LogP contribution in [-0.4, -0.2) is 47.6 Å². The van der Waals surface area contributed by atoms with Crippen LogP contribution in [0.2, 0.25) is 0 Å². The molecule has 2 amide bonds. The van der Waals surface area contributed by atoms with Gasteiger partial charge in [0, 0.05) is 26.6 Å². The first-order valence-electron chi connectivity index (χ1n) is 6.67. The van der Waals surface area contributed by atoms with Gasteiger partial charge in [-0.3, -0.25) is 9.59 Å². The lowest BCUT2D eigenvalue weighted by Crippen LogP contribution is -2.39. The number of carbonyl (C=O) groups excluding carboxylic acids is 2. The fourth-order valence-electron chi connectivity index (χ4n) is 2.08. The molecule has 1 aliphatic rings. The van der Waals surface area contributed by atoms with Gasteiger partial charge in [-0.15, -0.1) is 0 Å². The van der Waals surface area contributed by atoms with Gasteiger partial charge in [-0.2, -0.15) is 0 Å². The van der Waals surface area contributed by atoms with Crippen LogP contribution >= 0.6 is 0 Å². The van der Waals surface area contributed by atoms with Crippen LogP contribution in [-0.2, 0) is 9.59 Å². The van der Waals surface area contributed by atoms with Crippen molar-refractivity contribution in [3.8, 4) is 0 Å². The molecule has 0 bridgehead atoms. The van der Waals surface area contributed by atoms with E-state index in [1.807, 2.05) is 13.8 Å². The van der Waals surface area contributed by atoms with E-state index in [-0.39, 0.29) is 23.7 Å². The molecule has 18 heavy (non-hydrogen) atoms. The summed E-state index contributed by atoms with van der Waals surface area (Å²) < 4.78 is 0. The molecule has 5 nitrogen and oxygen atoms in total. The maximum Gasteiger partial charge on any atom is 0.225 e. The summed E-state index contributed by atoms with van der Waals surface area (Å²) in [5, 5.41) is 12.5. The number of likely N-dealkylation sites (tertiary alicyclic amines) is 1. The number of carbonyl (C=O) groups is 2. The van der Waals surface area contributed by atoms with Crippen molar-refractivity contribution in [1.29, 1.82) is 0 Å². The van der Waals surface area contributed by atoms with E-state index in [0.29, 0.717) is 26.1 Å². The molecular formula is C13H24N2O3. The third-order valence-electron chi connectivity index (χ3n) is 3.79. The maximum atomic E-state index is 11.9. The Morgan fingerprint density at radius 1 is 1.50 bits per heavy atom. The number of aliphatic hydroxyl groups excluding tert-OH is 1. The molecule has 0 spiro atoms. The summed E-state index contributed by atoms with van der Waals surface area (Å²) >= 11 is 0. The zero-order valence-corrected chi connectivity index (χ0v) is 11.5. The lowest BCUT2D eigenvalue weighted by Gasteiger charge is -2.19. The van der Waals surface area contributed by atoms with Crippen LogP contribution in [0, 0.1) is 11.8 Å². The van der Waals surface area contributed by atoms with Gasteiger partial charge in [0.25, 0.3) is 0 Å². The zero-order chi connectivity index (χ0) is 13.7. The van der Waals surface area contributed by atoms with Gasteiger partial charge in [0.1, 0.15) is 0 Å². The number of hydrogen-bond acceptors (Lipinski definition) is 3. The summed E-state index contributed by atoms with van der Waals surface area (Å²) in [5.74, 6) is 0.0201. The highest BCUT2D eigenvalue weighted by Gasteiger charge is 2.29. The van der Waals surface area contributed by atoms with Gasteiger partial charge in [-0.05, 0) is 12.3 Å². The van der Waals surface area contributed by atoms with Gasteiger partial charge >= 0.3 is 0 Å². The molecule has 0 aromatic heterocycles. The van der Waals surface area contributed by atoms with Crippen LogP contribution in [0.4, 0.5) is 0 Å². The fraction of sp³-hybridized carbons (Fsp3) is 0.846. The second-order valence-electron chi connectivity index (χ2n) is 5.15. The van der Waals surface area contributed by atoms with Crippen LogP contribution in [0.25, 0.3) is 0 Å². The van der Waals surface area contributed by atoms with Gasteiger partial charge in [0.15, 0.2) is 0 Å². The molecule has 1 aliphatic heterocycles. The smallest absolute Gasteiger partial charge is 0.225 e. The number of hydrogen-bond donors (Lipinski definition) is 2. The molecule has 0 radical (unpaired) electrons. The van der Waals surface area contributed by atoms with Crippen molar-refractivity contribution < 1.29 is 14.7 Å². The summed E-state index contributed by atoms with van der Waals surface area (Å²) in [4.78, 5) is 24.7. The highest BCUT2D eigenvalue weighted by molar-refractivity contribution is 5.81. The molecule has 1 rings (SSSR count). The minimum Gasteiger partial charge on any atom is -0.391 e. The second-order valence-corrected chi connectivity index (χ2v) is 5.15. The molecule has 0 aliphatic carbocycles. The molecular weight excluding hydrogens is 232 g/mol. The van der Waals surface area contributed by atoms with Crippen molar-refractivity contribution in [3.63, 3.8) is 0 Å². The standard InChI is InChI=1S/C13H24N2O3/c1-4-9(2)12(17)7-14-13(18)11-5-6-15(8-11)10(3)16/h9,11-12,17H,4-8H2,1-3H3,(H,14,18). The number of nitrogens with one attached hydrogen (secondary N) is 1. The van der Waals surface area contributed by atoms with E-state index in [4.69, 9.17) is 0 Å². The number of amides is 2. The quantitative estimate of drug-likeness (QED) is 0.747. The Balaban J connectivity index is 2.32. The Bertz CT molecular complexity index is 307. The van der Waals surface area contributed by atoms with Crippen molar-refractivity contribution in [2.24, 2.45) is 11.8 Å². The summed E-state index contributed by atoms with van der Waals surface area (Å²) in [6.07, 6.45) is 1.10. The molecule has 1 heterocycles. The fourth-order valence-corrected chi connectivity index (χ4v) is 2.08. The predicted molar refractivity (Wildman–Crippen MR) is 68.8 cm³/mol. The number of aliphatic hydroxyl groups is 1. The molecule has 5 heteroatoms. The van der Waals surface area contributed by atoms with Crippen molar-refractivity contribution in [2.45, 2.75) is 39.7 Å². The van der Waals surface area contributed by atoms with E-state index in [2.05, 4.69) is 5.32 Å². The van der Waals surface area contributed by atoms with Crippen molar-refractivity contribution in [2.75, 3.05) is 19.6 Å². The average Bonchev–Trinajstić information content (AvgIpc) is 2.84. The van der Waals surface area contributed by atoms with E-state index in [1.165, 1.54) is 6.92 Å². The van der Waals surface area contributed by atoms with Crippen LogP contribution in [0.5, 0.6) is 0 Å². The van der Waals surface area contributed by atoms with Gasteiger partial charge < -0.3 is 15.3 Å². The summed E-state index contributed by atoms with van der Waals surface area (Å²) in [6.45, 7) is 6.95. The van der Waals surface area contributed by atoms with Crippen LogP contribution in [0.1, 0.15) is 33.6 Å². The molecule has 2 N–H and O–H groups in total. The molecule has 104 valence electrons. The van der Waals surface area contributed by atoms with E-state index in [9.17, 15) is 14.7 Å².